The van der Waals surface area contributed by atoms with Gasteiger partial charge in [0.15, 0.2) is 0 Å². The van der Waals surface area contributed by atoms with E-state index in [9.17, 15) is 4.79 Å². The molecule has 3 nitrogen and oxygen atoms in total. The van der Waals surface area contributed by atoms with Crippen LogP contribution in [0, 0.1) is 17.2 Å². The number of rotatable bonds is 3. The maximum atomic E-state index is 11.7. The summed E-state index contributed by atoms with van der Waals surface area (Å²) in [5.74, 6) is -0.698. The number of carbonyl (C=O) groups excluding carboxylic acids is 1. The van der Waals surface area contributed by atoms with E-state index in [2.05, 4.69) is 0 Å². The molecular weight excluding hydrogens is 208 g/mol. The second kappa shape index (κ2) is 4.94. The number of hydrogen-bond acceptors (Lipinski definition) is 3. The molecule has 0 radical (unpaired) electrons. The second-order valence-electron chi connectivity index (χ2n) is 3.49. The van der Waals surface area contributed by atoms with Gasteiger partial charge in [0, 0.05) is 11.9 Å². The zero-order valence-electron chi connectivity index (χ0n) is 9.10. The van der Waals surface area contributed by atoms with Crippen LogP contribution in [0.2, 0.25) is 0 Å². The van der Waals surface area contributed by atoms with Gasteiger partial charge in [0.25, 0.3) is 0 Å². The number of carbonyl (C=O) groups is 1. The van der Waals surface area contributed by atoms with E-state index in [1.165, 1.54) is 0 Å². The number of amides is 1. The Morgan fingerprint density at radius 2 is 2.27 bits per heavy atom. The maximum absolute atomic E-state index is 11.7. The largest absolute Gasteiger partial charge is 0.337 e. The zero-order valence-corrected chi connectivity index (χ0v) is 9.91. The van der Waals surface area contributed by atoms with Crippen LogP contribution in [0.15, 0.2) is 17.5 Å². The number of hydrogen-bond donors (Lipinski definition) is 0. The Labute approximate surface area is 93.9 Å². The van der Waals surface area contributed by atoms with Gasteiger partial charge in [-0.3, -0.25) is 4.79 Å². The van der Waals surface area contributed by atoms with Gasteiger partial charge in [-0.05, 0) is 25.3 Å². The van der Waals surface area contributed by atoms with Crippen molar-refractivity contribution in [2.75, 3.05) is 7.05 Å². The summed E-state index contributed by atoms with van der Waals surface area (Å²) in [6, 6.07) is 5.95. The second-order valence-corrected chi connectivity index (χ2v) is 4.47. The Kier molecular flexibility index (Phi) is 3.87. The normalized spacial score (nSPS) is 14.0. The summed E-state index contributed by atoms with van der Waals surface area (Å²) < 4.78 is 0. The lowest BCUT2D eigenvalue weighted by molar-refractivity contribution is -0.133. The molecule has 0 aliphatic carbocycles. The van der Waals surface area contributed by atoms with Crippen LogP contribution in [0.5, 0.6) is 0 Å². The fourth-order valence-corrected chi connectivity index (χ4v) is 2.10. The number of nitrogens with zero attached hydrogens (tertiary/aromatic N) is 2. The Balaban J connectivity index is 2.74. The lowest BCUT2D eigenvalue weighted by Crippen LogP contribution is -2.33. The predicted molar refractivity (Wildman–Crippen MR) is 60.3 cm³/mol. The average Bonchev–Trinajstić information content (AvgIpc) is 2.78. The number of nitriles is 1. The van der Waals surface area contributed by atoms with Gasteiger partial charge in [0.2, 0.25) is 5.91 Å². The van der Waals surface area contributed by atoms with E-state index in [4.69, 9.17) is 5.26 Å². The topological polar surface area (TPSA) is 44.1 Å². The van der Waals surface area contributed by atoms with Crippen LogP contribution in [-0.2, 0) is 4.79 Å². The van der Waals surface area contributed by atoms with Gasteiger partial charge in [-0.15, -0.1) is 11.3 Å². The Bertz CT molecular complexity index is 366. The van der Waals surface area contributed by atoms with Crippen molar-refractivity contribution in [2.45, 2.75) is 19.9 Å². The molecule has 80 valence electrons. The minimum Gasteiger partial charge on any atom is -0.337 e. The van der Waals surface area contributed by atoms with Crippen molar-refractivity contribution in [1.82, 2.24) is 4.90 Å². The molecule has 15 heavy (non-hydrogen) atoms. The highest BCUT2D eigenvalue weighted by Gasteiger charge is 2.22. The summed E-state index contributed by atoms with van der Waals surface area (Å²) in [6.45, 7) is 3.59. The van der Waals surface area contributed by atoms with Gasteiger partial charge in [0.05, 0.1) is 12.1 Å². The summed E-state index contributed by atoms with van der Waals surface area (Å²) in [7, 11) is 1.74. The molecule has 2 unspecified atom stereocenters. The van der Waals surface area contributed by atoms with E-state index >= 15 is 0 Å². The molecular formula is C11H14N2OS. The predicted octanol–water partition coefficient (Wildman–Crippen LogP) is 2.43. The summed E-state index contributed by atoms with van der Waals surface area (Å²) >= 11 is 1.62. The van der Waals surface area contributed by atoms with Crippen LogP contribution < -0.4 is 0 Å². The van der Waals surface area contributed by atoms with Crippen LogP contribution >= 0.6 is 11.3 Å². The molecule has 4 heteroatoms. The SMILES string of the molecule is CC(C#N)C(=O)N(C)C(C)c1cccs1. The summed E-state index contributed by atoms with van der Waals surface area (Å²) in [5.41, 5.74) is 0. The maximum Gasteiger partial charge on any atom is 0.239 e. The first-order chi connectivity index (χ1) is 7.07. The Morgan fingerprint density at radius 3 is 2.73 bits per heavy atom. The van der Waals surface area contributed by atoms with Crippen LogP contribution in [0.3, 0.4) is 0 Å². The average molecular weight is 222 g/mol. The fraction of sp³-hybridized carbons (Fsp3) is 0.455. The summed E-state index contributed by atoms with van der Waals surface area (Å²) in [5, 5.41) is 10.7. The standard InChI is InChI=1S/C11H14N2OS/c1-8(7-12)11(14)13(3)9(2)10-5-4-6-15-10/h4-6,8-9H,1-3H3. The lowest BCUT2D eigenvalue weighted by atomic mass is 10.1. The van der Waals surface area contributed by atoms with E-state index in [1.807, 2.05) is 30.5 Å². The van der Waals surface area contributed by atoms with Crippen LogP contribution in [0.25, 0.3) is 0 Å². The highest BCUT2D eigenvalue weighted by Crippen LogP contribution is 2.24. The molecule has 0 N–H and O–H groups in total. The van der Waals surface area contributed by atoms with Crippen LogP contribution in [0.1, 0.15) is 24.8 Å². The van der Waals surface area contributed by atoms with Gasteiger partial charge in [-0.1, -0.05) is 6.07 Å². The van der Waals surface area contributed by atoms with Crippen LogP contribution in [-0.4, -0.2) is 17.9 Å². The fourth-order valence-electron chi connectivity index (χ4n) is 1.27. The molecule has 0 saturated carbocycles. The molecule has 0 fully saturated rings. The molecule has 1 aromatic rings. The molecule has 1 rings (SSSR count). The molecule has 1 heterocycles. The number of thiophene rings is 1. The van der Waals surface area contributed by atoms with Crippen molar-refractivity contribution in [1.29, 1.82) is 5.26 Å². The molecule has 0 bridgehead atoms. The van der Waals surface area contributed by atoms with Crippen molar-refractivity contribution in [3.63, 3.8) is 0 Å². The third-order valence-corrected chi connectivity index (χ3v) is 3.49. The molecule has 0 aliphatic heterocycles. The van der Waals surface area contributed by atoms with E-state index in [0.29, 0.717) is 0 Å². The van der Waals surface area contributed by atoms with Crippen molar-refractivity contribution in [3.05, 3.63) is 22.4 Å². The van der Waals surface area contributed by atoms with E-state index in [-0.39, 0.29) is 11.9 Å². The highest BCUT2D eigenvalue weighted by atomic mass is 32.1. The van der Waals surface area contributed by atoms with Gasteiger partial charge < -0.3 is 4.90 Å². The lowest BCUT2D eigenvalue weighted by Gasteiger charge is -2.24. The molecule has 0 aliphatic rings. The van der Waals surface area contributed by atoms with Gasteiger partial charge in [-0.2, -0.15) is 5.26 Å². The molecule has 0 saturated heterocycles. The van der Waals surface area contributed by atoms with Crippen molar-refractivity contribution in [2.24, 2.45) is 5.92 Å². The smallest absolute Gasteiger partial charge is 0.239 e. The first-order valence-corrected chi connectivity index (χ1v) is 5.65. The zero-order chi connectivity index (χ0) is 11.4. The van der Waals surface area contributed by atoms with Crippen molar-refractivity contribution < 1.29 is 4.79 Å². The first-order valence-electron chi connectivity index (χ1n) is 4.77. The van der Waals surface area contributed by atoms with E-state index in [0.717, 1.165) is 4.88 Å². The molecule has 0 aromatic carbocycles. The summed E-state index contributed by atoms with van der Waals surface area (Å²) in [4.78, 5) is 14.5. The van der Waals surface area contributed by atoms with Gasteiger partial charge in [0.1, 0.15) is 5.92 Å². The molecule has 1 aromatic heterocycles. The minimum atomic E-state index is -0.572. The first kappa shape index (κ1) is 11.7. The van der Waals surface area contributed by atoms with Crippen molar-refractivity contribution >= 4 is 17.2 Å². The van der Waals surface area contributed by atoms with Gasteiger partial charge >= 0.3 is 0 Å². The molecule has 0 spiro atoms. The Hall–Kier alpha value is -1.34. The highest BCUT2D eigenvalue weighted by molar-refractivity contribution is 7.10. The Morgan fingerprint density at radius 1 is 1.60 bits per heavy atom. The summed E-state index contributed by atoms with van der Waals surface area (Å²) in [6.07, 6.45) is 0. The molecule has 1 amide bonds. The van der Waals surface area contributed by atoms with Gasteiger partial charge in [-0.25, -0.2) is 0 Å². The molecule has 2 atom stereocenters. The third-order valence-electron chi connectivity index (χ3n) is 2.45. The third kappa shape index (κ3) is 2.57. The quantitative estimate of drug-likeness (QED) is 0.788. The monoisotopic (exact) mass is 222 g/mol. The van der Waals surface area contributed by atoms with Crippen molar-refractivity contribution in [3.8, 4) is 6.07 Å². The van der Waals surface area contributed by atoms with Crippen LogP contribution in [0.4, 0.5) is 0 Å². The minimum absolute atomic E-state index is 0.0355. The van der Waals surface area contributed by atoms with E-state index < -0.39 is 5.92 Å². The van der Waals surface area contributed by atoms with E-state index in [1.54, 1.807) is 30.2 Å².